The van der Waals surface area contributed by atoms with E-state index in [4.69, 9.17) is 4.42 Å². The van der Waals surface area contributed by atoms with E-state index in [0.717, 1.165) is 22.3 Å². The molecule has 3 heterocycles. The van der Waals surface area contributed by atoms with Gasteiger partial charge in [0.25, 0.3) is 0 Å². The summed E-state index contributed by atoms with van der Waals surface area (Å²) in [6.07, 6.45) is 1.60. The van der Waals surface area contributed by atoms with E-state index in [-0.39, 0.29) is 5.56 Å². The van der Waals surface area contributed by atoms with Crippen molar-refractivity contribution in [1.82, 2.24) is 14.8 Å². The molecule has 0 atom stereocenters. The fraction of sp³-hybridized carbons (Fsp3) is 0.231. The Bertz CT molecular complexity index is 750. The molecule has 0 saturated heterocycles. The zero-order valence-corrected chi connectivity index (χ0v) is 10.2. The van der Waals surface area contributed by atoms with Crippen molar-refractivity contribution < 1.29 is 4.42 Å². The number of aromatic nitrogens is 3. The van der Waals surface area contributed by atoms with Crippen LogP contribution in [0.1, 0.15) is 12.6 Å². The zero-order valence-electron chi connectivity index (χ0n) is 10.2. The number of aromatic amines is 1. The van der Waals surface area contributed by atoms with E-state index in [9.17, 15) is 4.79 Å². The van der Waals surface area contributed by atoms with Gasteiger partial charge in [0, 0.05) is 18.2 Å². The average molecular weight is 243 g/mol. The van der Waals surface area contributed by atoms with E-state index >= 15 is 0 Å². The predicted molar refractivity (Wildman–Crippen MR) is 68.5 cm³/mol. The van der Waals surface area contributed by atoms with Gasteiger partial charge in [-0.2, -0.15) is 5.10 Å². The van der Waals surface area contributed by atoms with E-state index in [1.807, 2.05) is 26.0 Å². The molecule has 0 aliphatic heterocycles. The van der Waals surface area contributed by atoms with Gasteiger partial charge < -0.3 is 9.40 Å². The molecule has 0 radical (unpaired) electrons. The second-order valence-electron chi connectivity index (χ2n) is 4.15. The van der Waals surface area contributed by atoms with E-state index in [2.05, 4.69) is 10.1 Å². The lowest BCUT2D eigenvalue weighted by Gasteiger charge is -2.01. The molecule has 3 rings (SSSR count). The zero-order chi connectivity index (χ0) is 12.7. The summed E-state index contributed by atoms with van der Waals surface area (Å²) >= 11 is 0. The maximum Gasteiger partial charge on any atom is 0.250 e. The third-order valence-electron chi connectivity index (χ3n) is 3.00. The number of rotatable bonds is 2. The summed E-state index contributed by atoms with van der Waals surface area (Å²) in [5.74, 6) is 0.685. The smallest absolute Gasteiger partial charge is 0.250 e. The molecule has 1 N–H and O–H groups in total. The minimum absolute atomic E-state index is 0.150. The molecule has 5 heteroatoms. The first-order chi connectivity index (χ1) is 8.70. The van der Waals surface area contributed by atoms with Gasteiger partial charge in [-0.15, -0.1) is 0 Å². The van der Waals surface area contributed by atoms with Gasteiger partial charge in [-0.3, -0.25) is 4.79 Å². The normalized spacial score (nSPS) is 11.2. The van der Waals surface area contributed by atoms with E-state index < -0.39 is 0 Å². The van der Waals surface area contributed by atoms with Crippen LogP contribution in [0.3, 0.4) is 0 Å². The summed E-state index contributed by atoms with van der Waals surface area (Å²) in [6, 6.07) is 5.20. The van der Waals surface area contributed by atoms with Crippen molar-refractivity contribution in [2.24, 2.45) is 0 Å². The molecular weight excluding hydrogens is 230 g/mol. The number of nitrogens with one attached hydrogen (secondary N) is 1. The molecular formula is C13H13N3O2. The number of hydrogen-bond donors (Lipinski definition) is 1. The Labute approximate surface area is 103 Å². The molecule has 18 heavy (non-hydrogen) atoms. The molecule has 0 fully saturated rings. The van der Waals surface area contributed by atoms with Gasteiger partial charge in [0.15, 0.2) is 0 Å². The highest BCUT2D eigenvalue weighted by Gasteiger charge is 2.15. The molecule has 0 aliphatic carbocycles. The van der Waals surface area contributed by atoms with Crippen LogP contribution in [0.25, 0.3) is 22.4 Å². The third kappa shape index (κ3) is 1.48. The summed E-state index contributed by atoms with van der Waals surface area (Å²) in [5.41, 5.74) is 2.27. The molecule has 0 aromatic carbocycles. The standard InChI is InChI=1S/C13H13N3O2/c1-3-16-13-12(8(2)15-16)9(7-11(17)14-13)10-5-4-6-18-10/h4-7H,3H2,1-2H3,(H,14,17). The van der Waals surface area contributed by atoms with Gasteiger partial charge >= 0.3 is 0 Å². The van der Waals surface area contributed by atoms with Crippen LogP contribution in [-0.2, 0) is 6.54 Å². The lowest BCUT2D eigenvalue weighted by atomic mass is 10.1. The van der Waals surface area contributed by atoms with Crippen molar-refractivity contribution in [2.45, 2.75) is 20.4 Å². The first-order valence-corrected chi connectivity index (χ1v) is 5.85. The van der Waals surface area contributed by atoms with E-state index in [1.165, 1.54) is 0 Å². The van der Waals surface area contributed by atoms with E-state index in [0.29, 0.717) is 12.3 Å². The fourth-order valence-corrected chi connectivity index (χ4v) is 2.24. The summed E-state index contributed by atoms with van der Waals surface area (Å²) in [6.45, 7) is 4.63. The molecule has 0 unspecified atom stereocenters. The number of H-pyrrole nitrogens is 1. The molecule has 0 saturated carbocycles. The Balaban J connectivity index is 2.45. The van der Waals surface area contributed by atoms with Crippen LogP contribution in [0.5, 0.6) is 0 Å². The summed E-state index contributed by atoms with van der Waals surface area (Å²) in [5, 5.41) is 5.36. The monoisotopic (exact) mass is 243 g/mol. The molecule has 92 valence electrons. The summed E-state index contributed by atoms with van der Waals surface area (Å²) < 4.78 is 7.18. The van der Waals surface area contributed by atoms with Crippen LogP contribution < -0.4 is 5.56 Å². The van der Waals surface area contributed by atoms with Gasteiger partial charge in [0.1, 0.15) is 11.4 Å². The second-order valence-corrected chi connectivity index (χ2v) is 4.15. The fourth-order valence-electron chi connectivity index (χ4n) is 2.24. The van der Waals surface area contributed by atoms with Gasteiger partial charge in [0.05, 0.1) is 17.3 Å². The van der Waals surface area contributed by atoms with Crippen molar-refractivity contribution in [3.63, 3.8) is 0 Å². The minimum Gasteiger partial charge on any atom is -0.464 e. The van der Waals surface area contributed by atoms with Crippen LogP contribution >= 0.6 is 0 Å². The topological polar surface area (TPSA) is 63.8 Å². The van der Waals surface area contributed by atoms with Crippen LogP contribution in [0, 0.1) is 6.92 Å². The van der Waals surface area contributed by atoms with E-state index in [1.54, 1.807) is 17.0 Å². The van der Waals surface area contributed by atoms with Crippen LogP contribution in [0.4, 0.5) is 0 Å². The first-order valence-electron chi connectivity index (χ1n) is 5.85. The summed E-state index contributed by atoms with van der Waals surface area (Å²) in [4.78, 5) is 14.6. The number of furan rings is 1. The van der Waals surface area contributed by atoms with Crippen molar-refractivity contribution >= 4 is 11.0 Å². The maximum absolute atomic E-state index is 11.7. The van der Waals surface area contributed by atoms with Crippen LogP contribution in [-0.4, -0.2) is 14.8 Å². The quantitative estimate of drug-likeness (QED) is 0.751. The third-order valence-corrected chi connectivity index (χ3v) is 3.00. The Kier molecular flexibility index (Phi) is 2.33. The molecule has 0 bridgehead atoms. The Morgan fingerprint density at radius 2 is 2.33 bits per heavy atom. The van der Waals surface area contributed by atoms with Gasteiger partial charge in [-0.25, -0.2) is 4.68 Å². The molecule has 0 amide bonds. The molecule has 3 aromatic rings. The van der Waals surface area contributed by atoms with Crippen LogP contribution in [0.2, 0.25) is 0 Å². The van der Waals surface area contributed by atoms with Gasteiger partial charge in [-0.1, -0.05) is 0 Å². The Morgan fingerprint density at radius 3 is 3.00 bits per heavy atom. The highest BCUT2D eigenvalue weighted by Crippen LogP contribution is 2.28. The lowest BCUT2D eigenvalue weighted by Crippen LogP contribution is -2.07. The Hall–Kier alpha value is -2.30. The highest BCUT2D eigenvalue weighted by atomic mass is 16.3. The number of hydrogen-bond acceptors (Lipinski definition) is 3. The molecule has 0 spiro atoms. The number of nitrogens with zero attached hydrogens (tertiary/aromatic N) is 2. The second kappa shape index (κ2) is 3.87. The lowest BCUT2D eigenvalue weighted by molar-refractivity contribution is 0.583. The van der Waals surface area contributed by atoms with Gasteiger partial charge in [-0.05, 0) is 26.0 Å². The molecule has 3 aromatic heterocycles. The predicted octanol–water partition coefficient (Wildman–Crippen LogP) is 2.31. The Morgan fingerprint density at radius 1 is 1.50 bits per heavy atom. The minimum atomic E-state index is -0.150. The maximum atomic E-state index is 11.7. The van der Waals surface area contributed by atoms with Crippen LogP contribution in [0.15, 0.2) is 33.7 Å². The van der Waals surface area contributed by atoms with Crippen molar-refractivity contribution in [2.75, 3.05) is 0 Å². The number of pyridine rings is 1. The number of fused-ring (bicyclic) bond motifs is 1. The molecule has 0 aliphatic rings. The summed E-state index contributed by atoms with van der Waals surface area (Å²) in [7, 11) is 0. The number of aryl methyl sites for hydroxylation is 2. The SMILES string of the molecule is CCn1nc(C)c2c(-c3ccco3)cc(=O)[nH]c21. The van der Waals surface area contributed by atoms with Crippen molar-refractivity contribution in [3.05, 3.63) is 40.5 Å². The van der Waals surface area contributed by atoms with Crippen molar-refractivity contribution in [3.8, 4) is 11.3 Å². The molecule has 5 nitrogen and oxygen atoms in total. The first kappa shape index (κ1) is 10.8. The highest BCUT2D eigenvalue weighted by molar-refractivity contribution is 5.93. The van der Waals surface area contributed by atoms with Crippen molar-refractivity contribution in [1.29, 1.82) is 0 Å². The largest absolute Gasteiger partial charge is 0.464 e. The van der Waals surface area contributed by atoms with Gasteiger partial charge in [0.2, 0.25) is 5.56 Å². The average Bonchev–Trinajstić information content (AvgIpc) is 2.96.